The van der Waals surface area contributed by atoms with Gasteiger partial charge in [-0.1, -0.05) is 81.6 Å². The summed E-state index contributed by atoms with van der Waals surface area (Å²) in [5, 5.41) is 15.9. The quantitative estimate of drug-likeness (QED) is 0.108. The molecule has 4 aromatic rings. The predicted molar refractivity (Wildman–Crippen MR) is 215 cm³/mol. The van der Waals surface area contributed by atoms with Gasteiger partial charge in [0.25, 0.3) is 11.8 Å². The number of halogens is 3. The molecule has 2 unspecified atom stereocenters. The topological polar surface area (TPSA) is 145 Å². The number of phenols is 1. The maximum atomic E-state index is 14.1. The van der Waals surface area contributed by atoms with E-state index in [4.69, 9.17) is 27.9 Å². The zero-order chi connectivity index (χ0) is 39.7. The molecule has 2 heterocycles. The smallest absolute Gasteiger partial charge is 0.332 e. The molecule has 56 heavy (non-hydrogen) atoms. The Morgan fingerprint density at radius 3 is 2.41 bits per heavy atom. The Hall–Kier alpha value is -5.43. The second-order valence-electron chi connectivity index (χ2n) is 13.9. The largest absolute Gasteiger partial charge is 0.508 e. The van der Waals surface area contributed by atoms with Crippen LogP contribution in [0.4, 0.5) is 15.3 Å². The number of carbonyl (C=O) groups is 5. The molecule has 1 aliphatic carbocycles. The molecule has 11 nitrogen and oxygen atoms in total. The molecule has 0 aromatic heterocycles. The lowest BCUT2D eigenvalue weighted by Gasteiger charge is -2.35. The van der Waals surface area contributed by atoms with Crippen molar-refractivity contribution in [1.82, 2.24) is 15.5 Å². The highest BCUT2D eigenvalue weighted by atomic mass is 79.9. The number of aromatic hydroxyl groups is 1. The molecule has 4 aromatic carbocycles. The molecule has 0 radical (unpaired) electrons. The number of allylic oxidation sites excluding steroid dienone is 3. The fourth-order valence-electron chi connectivity index (χ4n) is 7.47. The average molecular weight is 859 g/mol. The highest BCUT2D eigenvalue weighted by Crippen LogP contribution is 2.49. The molecule has 3 aliphatic rings. The number of hydrogen-bond donors (Lipinski definition) is 3. The number of anilines is 1. The van der Waals surface area contributed by atoms with Gasteiger partial charge in [-0.3, -0.25) is 19.7 Å². The maximum absolute atomic E-state index is 14.1. The van der Waals surface area contributed by atoms with E-state index < -0.39 is 41.3 Å². The Labute approximate surface area is 341 Å². The lowest BCUT2D eigenvalue weighted by atomic mass is 9.74. The minimum atomic E-state index is -1.23. The number of rotatable bonds is 10. The molecular formula is C42H35BrCl2N4O7. The van der Waals surface area contributed by atoms with Crippen LogP contribution < -0.4 is 20.3 Å². The number of imide groups is 2. The SMILES string of the molecule is C[C@@]1(Cc2ccc(Br)cc2)C(=O)N(c2cc(Cl)cc(Cl)c2)C(=O)N1CCCCNC(=O)NC(=O)c1ccccc1C1c2ccc(O)cc2OC2=CC(=O)C=CC21. The molecule has 7 rings (SSSR count). The van der Waals surface area contributed by atoms with Crippen LogP contribution >= 0.6 is 39.1 Å². The van der Waals surface area contributed by atoms with Crippen molar-refractivity contribution in [2.24, 2.45) is 5.92 Å². The Bertz CT molecular complexity index is 2310. The van der Waals surface area contributed by atoms with Crippen molar-refractivity contribution >= 4 is 74.5 Å². The van der Waals surface area contributed by atoms with Crippen molar-refractivity contribution in [3.05, 3.63) is 146 Å². The van der Waals surface area contributed by atoms with E-state index >= 15 is 0 Å². The van der Waals surface area contributed by atoms with Gasteiger partial charge >= 0.3 is 12.1 Å². The minimum absolute atomic E-state index is 0.0120. The van der Waals surface area contributed by atoms with Gasteiger partial charge in [0.2, 0.25) is 0 Å². The summed E-state index contributed by atoms with van der Waals surface area (Å²) < 4.78 is 6.88. The molecule has 6 amide bonds. The highest BCUT2D eigenvalue weighted by Gasteiger charge is 2.54. The van der Waals surface area contributed by atoms with E-state index in [2.05, 4.69) is 26.6 Å². The van der Waals surface area contributed by atoms with Crippen LogP contribution in [0, 0.1) is 5.92 Å². The third-order valence-corrected chi connectivity index (χ3v) is 11.1. The van der Waals surface area contributed by atoms with Gasteiger partial charge in [-0.05, 0) is 79.4 Å². The van der Waals surface area contributed by atoms with Crippen LogP contribution in [0.25, 0.3) is 0 Å². The summed E-state index contributed by atoms with van der Waals surface area (Å²) in [5.74, 6) is -1.39. The van der Waals surface area contributed by atoms with Crippen molar-refractivity contribution in [3.63, 3.8) is 0 Å². The van der Waals surface area contributed by atoms with E-state index in [0.29, 0.717) is 35.5 Å². The number of urea groups is 2. The Kier molecular flexibility index (Phi) is 11.1. The molecule has 3 N–H and O–H groups in total. The van der Waals surface area contributed by atoms with Crippen LogP contribution in [-0.2, 0) is 16.0 Å². The molecule has 14 heteroatoms. The van der Waals surface area contributed by atoms with Crippen molar-refractivity contribution in [2.75, 3.05) is 18.0 Å². The lowest BCUT2D eigenvalue weighted by molar-refractivity contribution is -0.124. The van der Waals surface area contributed by atoms with E-state index in [1.54, 1.807) is 48.2 Å². The van der Waals surface area contributed by atoms with Crippen molar-refractivity contribution in [2.45, 2.75) is 37.6 Å². The zero-order valence-corrected chi connectivity index (χ0v) is 33.0. The number of amides is 6. The summed E-state index contributed by atoms with van der Waals surface area (Å²) in [6, 6.07) is 22.5. The standard InChI is InChI=1S/C42H35BrCl2N4O7/c1-42(23-24-8-10-25(43)11-9-24)39(53)49(28-19-26(44)18-27(45)20-28)41(55)48(42)17-5-4-16-46-40(54)47-38(52)32-7-3-2-6-31(32)37-33-14-12-29(50)21-35(33)56-36-22-30(51)13-15-34(36)37/h2-3,6-15,18-22,33,37,51H,4-5,16-17,23H2,1H3,(H2,46,47,52,54)/t33?,37?,42-/m1/s1. The van der Waals surface area contributed by atoms with Gasteiger partial charge in [0.15, 0.2) is 5.78 Å². The Morgan fingerprint density at radius 1 is 0.929 bits per heavy atom. The maximum Gasteiger partial charge on any atom is 0.332 e. The van der Waals surface area contributed by atoms with Crippen LogP contribution in [0.5, 0.6) is 11.5 Å². The second-order valence-corrected chi connectivity index (χ2v) is 15.7. The summed E-state index contributed by atoms with van der Waals surface area (Å²) in [7, 11) is 0. The number of nitrogens with zero attached hydrogens (tertiary/aromatic N) is 2. The van der Waals surface area contributed by atoms with Gasteiger partial charge in [-0.15, -0.1) is 0 Å². The highest BCUT2D eigenvalue weighted by molar-refractivity contribution is 9.10. The predicted octanol–water partition coefficient (Wildman–Crippen LogP) is 8.31. The first-order chi connectivity index (χ1) is 26.8. The summed E-state index contributed by atoms with van der Waals surface area (Å²) in [5.41, 5.74) is 1.47. The first kappa shape index (κ1) is 38.8. The molecule has 0 bridgehead atoms. The van der Waals surface area contributed by atoms with Crippen LogP contribution in [0.3, 0.4) is 0 Å². The molecule has 0 saturated carbocycles. The van der Waals surface area contributed by atoms with Crippen molar-refractivity contribution < 1.29 is 33.8 Å². The fraction of sp³-hybridized carbons (Fsp3) is 0.214. The summed E-state index contributed by atoms with van der Waals surface area (Å²) in [6.07, 6.45) is 5.71. The number of ketones is 1. The second kappa shape index (κ2) is 16.0. The molecular weight excluding hydrogens is 823 g/mol. The number of unbranched alkanes of at least 4 members (excludes halogenated alkanes) is 1. The molecule has 3 atom stereocenters. The van der Waals surface area contributed by atoms with E-state index in [-0.39, 0.29) is 52.3 Å². The third-order valence-electron chi connectivity index (χ3n) is 10.1. The van der Waals surface area contributed by atoms with E-state index in [9.17, 15) is 29.1 Å². The van der Waals surface area contributed by atoms with Crippen molar-refractivity contribution in [3.8, 4) is 11.5 Å². The first-order valence-electron chi connectivity index (χ1n) is 17.8. The summed E-state index contributed by atoms with van der Waals surface area (Å²) in [6.45, 7) is 2.13. The van der Waals surface area contributed by atoms with E-state index in [0.717, 1.165) is 14.9 Å². The van der Waals surface area contributed by atoms with Gasteiger partial charge < -0.3 is 20.1 Å². The molecule has 1 saturated heterocycles. The minimum Gasteiger partial charge on any atom is -0.508 e. The molecule has 1 fully saturated rings. The molecule has 286 valence electrons. The normalized spacial score (nSPS) is 19.9. The molecule has 2 aliphatic heterocycles. The van der Waals surface area contributed by atoms with Gasteiger partial charge in [-0.2, -0.15) is 0 Å². The van der Waals surface area contributed by atoms with Crippen LogP contribution in [0.1, 0.15) is 52.7 Å². The number of ether oxygens (including phenoxy) is 1. The fourth-order valence-corrected chi connectivity index (χ4v) is 8.25. The zero-order valence-electron chi connectivity index (χ0n) is 29.9. The number of fused-ring (bicyclic) bond motifs is 2. The average Bonchev–Trinajstić information content (AvgIpc) is 3.33. The first-order valence-corrected chi connectivity index (χ1v) is 19.4. The number of phenolic OH excluding ortho intramolecular Hbond substituents is 1. The number of benzene rings is 4. The van der Waals surface area contributed by atoms with E-state index in [1.165, 1.54) is 42.5 Å². The van der Waals surface area contributed by atoms with Gasteiger partial charge in [-0.25, -0.2) is 14.5 Å². The number of carbonyl (C=O) groups excluding carboxylic acids is 5. The third kappa shape index (κ3) is 7.82. The monoisotopic (exact) mass is 856 g/mol. The Morgan fingerprint density at radius 2 is 1.66 bits per heavy atom. The van der Waals surface area contributed by atoms with Gasteiger partial charge in [0.05, 0.1) is 5.69 Å². The number of hydrogen-bond acceptors (Lipinski definition) is 7. The lowest BCUT2D eigenvalue weighted by Crippen LogP contribution is -2.49. The van der Waals surface area contributed by atoms with Crippen molar-refractivity contribution in [1.29, 1.82) is 0 Å². The van der Waals surface area contributed by atoms with Crippen LogP contribution in [-0.4, -0.2) is 58.3 Å². The number of nitrogens with one attached hydrogen (secondary N) is 2. The Balaban J connectivity index is 1.01. The summed E-state index contributed by atoms with van der Waals surface area (Å²) >= 11 is 15.9. The summed E-state index contributed by atoms with van der Waals surface area (Å²) in [4.78, 5) is 69.5. The van der Waals surface area contributed by atoms with Crippen LogP contribution in [0.15, 0.2) is 113 Å². The van der Waals surface area contributed by atoms with Gasteiger partial charge in [0.1, 0.15) is 22.8 Å². The van der Waals surface area contributed by atoms with Gasteiger partial charge in [0, 0.05) is 69.1 Å². The molecule has 0 spiro atoms. The van der Waals surface area contributed by atoms with Crippen LogP contribution in [0.2, 0.25) is 10.0 Å². The van der Waals surface area contributed by atoms with E-state index in [1.807, 2.05) is 24.3 Å².